The van der Waals surface area contributed by atoms with E-state index in [0.717, 1.165) is 17.5 Å². The van der Waals surface area contributed by atoms with E-state index in [4.69, 9.17) is 0 Å². The number of rotatable bonds is 9. The number of quaternary nitrogens is 2. The average molecular weight is 381 g/mol. The number of nitrogens with one attached hydrogen (secondary N) is 1. The van der Waals surface area contributed by atoms with E-state index >= 15 is 0 Å². The molecule has 0 radical (unpaired) electrons. The number of nitrogens with two attached hydrogens (primary N) is 1. The SMILES string of the molecule is CCC(=O)C(C[C@H](C[C@@H]1CCC[NH2+]1)[NH+](C)C)(c1ccccc1)c1ccccc1. The molecule has 2 atom stereocenters. The first kappa shape index (κ1) is 20.8. The standard InChI is InChI=1S/C25H34N2O/c1-4-24(28)25(20-12-7-5-8-13-20,21-14-9-6-10-15-21)19-23(27(2)3)18-22-16-11-17-26-22/h5-10,12-15,22-23,26H,4,11,16-19H2,1-3H3/p+2/t22-,23-/m0/s1. The van der Waals surface area contributed by atoms with Gasteiger partial charge >= 0.3 is 0 Å². The second kappa shape index (κ2) is 9.49. The third kappa shape index (κ3) is 4.37. The number of carbonyl (C=O) groups excluding carboxylic acids is 1. The van der Waals surface area contributed by atoms with E-state index < -0.39 is 5.41 Å². The molecule has 1 aliphatic rings. The van der Waals surface area contributed by atoms with Crippen molar-refractivity contribution < 1.29 is 15.0 Å². The molecule has 0 bridgehead atoms. The van der Waals surface area contributed by atoms with Crippen LogP contribution in [0.2, 0.25) is 0 Å². The van der Waals surface area contributed by atoms with Gasteiger partial charge in [-0.3, -0.25) is 4.79 Å². The fourth-order valence-electron chi connectivity index (χ4n) is 4.91. The molecule has 1 fully saturated rings. The van der Waals surface area contributed by atoms with Gasteiger partial charge in [-0.1, -0.05) is 67.6 Å². The Bertz CT molecular complexity index is 696. The summed E-state index contributed by atoms with van der Waals surface area (Å²) in [4.78, 5) is 15.1. The van der Waals surface area contributed by atoms with E-state index in [1.807, 2.05) is 19.1 Å². The zero-order valence-electron chi connectivity index (χ0n) is 17.7. The molecule has 0 spiro atoms. The van der Waals surface area contributed by atoms with Gasteiger partial charge < -0.3 is 10.2 Å². The summed E-state index contributed by atoms with van der Waals surface area (Å²) >= 11 is 0. The van der Waals surface area contributed by atoms with Crippen molar-refractivity contribution in [2.45, 2.75) is 56.5 Å². The molecule has 1 heterocycles. The molecule has 0 aromatic heterocycles. The lowest BCUT2D eigenvalue weighted by atomic mass is 9.66. The van der Waals surface area contributed by atoms with E-state index in [2.05, 4.69) is 67.9 Å². The third-order valence-electron chi connectivity index (χ3n) is 6.57. The van der Waals surface area contributed by atoms with E-state index in [1.54, 1.807) is 0 Å². The zero-order chi connectivity index (χ0) is 20.0. The molecule has 150 valence electrons. The lowest BCUT2D eigenvalue weighted by molar-refractivity contribution is -0.889. The van der Waals surface area contributed by atoms with Gasteiger partial charge in [0.15, 0.2) is 0 Å². The number of hydrogen-bond acceptors (Lipinski definition) is 1. The Hall–Kier alpha value is -1.97. The number of carbonyl (C=O) groups is 1. The Morgan fingerprint density at radius 1 is 1.07 bits per heavy atom. The quantitative estimate of drug-likeness (QED) is 0.686. The highest BCUT2D eigenvalue weighted by atomic mass is 16.1. The molecule has 0 amide bonds. The topological polar surface area (TPSA) is 38.1 Å². The van der Waals surface area contributed by atoms with Crippen LogP contribution in [0.15, 0.2) is 60.7 Å². The normalized spacial score (nSPS) is 18.4. The first-order valence-corrected chi connectivity index (χ1v) is 10.9. The van der Waals surface area contributed by atoms with Gasteiger partial charge in [-0.15, -0.1) is 0 Å². The Morgan fingerprint density at radius 3 is 2.07 bits per heavy atom. The van der Waals surface area contributed by atoms with Crippen LogP contribution in [0, 0.1) is 0 Å². The highest BCUT2D eigenvalue weighted by Gasteiger charge is 2.44. The molecule has 0 unspecified atom stereocenters. The smallest absolute Gasteiger partial charge is 0.147 e. The lowest BCUT2D eigenvalue weighted by Gasteiger charge is -2.37. The Labute approximate surface area is 170 Å². The van der Waals surface area contributed by atoms with Gasteiger partial charge in [0.2, 0.25) is 0 Å². The van der Waals surface area contributed by atoms with Crippen LogP contribution in [0.25, 0.3) is 0 Å². The first-order valence-electron chi connectivity index (χ1n) is 10.9. The van der Waals surface area contributed by atoms with E-state index in [9.17, 15) is 4.79 Å². The minimum absolute atomic E-state index is 0.326. The summed E-state index contributed by atoms with van der Waals surface area (Å²) in [7, 11) is 4.49. The minimum Gasteiger partial charge on any atom is -0.344 e. The highest BCUT2D eigenvalue weighted by molar-refractivity contribution is 5.93. The number of Topliss-reactive ketones (excluding diaryl/α,β-unsaturated/α-hetero) is 1. The van der Waals surface area contributed by atoms with E-state index in [-0.39, 0.29) is 0 Å². The summed E-state index contributed by atoms with van der Waals surface area (Å²) in [5.74, 6) is 0.326. The maximum atomic E-state index is 13.6. The molecule has 3 nitrogen and oxygen atoms in total. The molecule has 3 heteroatoms. The van der Waals surface area contributed by atoms with Gasteiger partial charge in [0.05, 0.1) is 44.6 Å². The van der Waals surface area contributed by atoms with Gasteiger partial charge in [-0.05, 0) is 11.1 Å². The van der Waals surface area contributed by atoms with Crippen LogP contribution in [0.5, 0.6) is 0 Å². The van der Waals surface area contributed by atoms with E-state index in [0.29, 0.717) is 24.3 Å². The predicted octanol–water partition coefficient (Wildman–Crippen LogP) is 1.97. The molecule has 3 rings (SSSR count). The van der Waals surface area contributed by atoms with Crippen molar-refractivity contribution in [1.82, 2.24) is 0 Å². The predicted molar refractivity (Wildman–Crippen MR) is 115 cm³/mol. The van der Waals surface area contributed by atoms with Crippen LogP contribution < -0.4 is 10.2 Å². The average Bonchev–Trinajstić information content (AvgIpc) is 3.25. The first-order chi connectivity index (χ1) is 13.6. The molecule has 2 aromatic rings. The van der Waals surface area contributed by atoms with Gasteiger partial charge in [0, 0.05) is 25.7 Å². The van der Waals surface area contributed by atoms with Crippen molar-refractivity contribution in [2.24, 2.45) is 0 Å². The van der Waals surface area contributed by atoms with Crippen molar-refractivity contribution in [2.75, 3.05) is 20.6 Å². The second-order valence-electron chi connectivity index (χ2n) is 8.55. The van der Waals surface area contributed by atoms with Crippen LogP contribution in [0.4, 0.5) is 0 Å². The number of hydrogen-bond donors (Lipinski definition) is 2. The Kier molecular flexibility index (Phi) is 7.03. The van der Waals surface area contributed by atoms with Crippen molar-refractivity contribution in [3.63, 3.8) is 0 Å². The maximum absolute atomic E-state index is 13.6. The van der Waals surface area contributed by atoms with Crippen molar-refractivity contribution in [1.29, 1.82) is 0 Å². The van der Waals surface area contributed by atoms with Gasteiger partial charge in [0.1, 0.15) is 5.78 Å². The fourth-order valence-corrected chi connectivity index (χ4v) is 4.91. The molecule has 0 saturated carbocycles. The molecule has 3 N–H and O–H groups in total. The summed E-state index contributed by atoms with van der Waals surface area (Å²) in [5.41, 5.74) is 1.70. The molecule has 2 aromatic carbocycles. The number of benzene rings is 2. The fraction of sp³-hybridized carbons (Fsp3) is 0.480. The van der Waals surface area contributed by atoms with Crippen molar-refractivity contribution in [3.05, 3.63) is 71.8 Å². The monoisotopic (exact) mass is 380 g/mol. The molecular formula is C25H36N2O+2. The molecule has 0 aliphatic carbocycles. The third-order valence-corrected chi connectivity index (χ3v) is 6.57. The summed E-state index contributed by atoms with van der Waals surface area (Å²) in [6.45, 7) is 3.25. The molecule has 28 heavy (non-hydrogen) atoms. The van der Waals surface area contributed by atoms with Gasteiger partial charge in [-0.2, -0.15) is 0 Å². The van der Waals surface area contributed by atoms with Crippen molar-refractivity contribution in [3.8, 4) is 0 Å². The van der Waals surface area contributed by atoms with Crippen LogP contribution in [-0.2, 0) is 10.2 Å². The Morgan fingerprint density at radius 2 is 1.64 bits per heavy atom. The van der Waals surface area contributed by atoms with Crippen LogP contribution in [-0.4, -0.2) is 38.5 Å². The number of ketones is 1. The molecule has 1 saturated heterocycles. The van der Waals surface area contributed by atoms with Crippen LogP contribution in [0.1, 0.15) is 50.2 Å². The Balaban J connectivity index is 2.07. The van der Waals surface area contributed by atoms with Crippen LogP contribution in [0.3, 0.4) is 0 Å². The van der Waals surface area contributed by atoms with Crippen molar-refractivity contribution >= 4 is 5.78 Å². The molecular weight excluding hydrogens is 344 g/mol. The molecule has 1 aliphatic heterocycles. The van der Waals surface area contributed by atoms with E-state index in [1.165, 1.54) is 30.7 Å². The highest BCUT2D eigenvalue weighted by Crippen LogP contribution is 2.39. The minimum atomic E-state index is -0.572. The largest absolute Gasteiger partial charge is 0.344 e. The summed E-state index contributed by atoms with van der Waals surface area (Å²) in [6.07, 6.45) is 5.20. The second-order valence-corrected chi connectivity index (χ2v) is 8.55. The van der Waals surface area contributed by atoms with Gasteiger partial charge in [-0.25, -0.2) is 0 Å². The lowest BCUT2D eigenvalue weighted by Crippen LogP contribution is -3.11. The summed E-state index contributed by atoms with van der Waals surface area (Å²) in [6, 6.07) is 22.1. The maximum Gasteiger partial charge on any atom is 0.147 e. The summed E-state index contributed by atoms with van der Waals surface area (Å²) in [5, 5.41) is 2.50. The zero-order valence-corrected chi connectivity index (χ0v) is 17.7. The van der Waals surface area contributed by atoms with Crippen LogP contribution >= 0.6 is 0 Å². The van der Waals surface area contributed by atoms with Gasteiger partial charge in [0.25, 0.3) is 0 Å². The summed E-state index contributed by atoms with van der Waals surface area (Å²) < 4.78 is 0.